The Morgan fingerprint density at radius 1 is 0.735 bits per heavy atom. The van der Waals surface area contributed by atoms with Gasteiger partial charge in [0, 0.05) is 13.7 Å². The lowest BCUT2D eigenvalue weighted by Crippen LogP contribution is -2.39. The van der Waals surface area contributed by atoms with Crippen LogP contribution in [0.5, 0.6) is 0 Å². The van der Waals surface area contributed by atoms with Crippen molar-refractivity contribution in [2.75, 3.05) is 61.2 Å². The molecule has 8 heteroatoms. The van der Waals surface area contributed by atoms with Crippen molar-refractivity contribution in [2.24, 2.45) is 0 Å². The van der Waals surface area contributed by atoms with Crippen molar-refractivity contribution in [3.05, 3.63) is 0 Å². The molecule has 34 heavy (non-hydrogen) atoms. The highest BCUT2D eigenvalue weighted by Gasteiger charge is 2.27. The number of likely N-dealkylation sites (N-methyl/N-ethyl adjacent to an activating group) is 1. The predicted molar refractivity (Wildman–Crippen MR) is 139 cm³/mol. The maximum atomic E-state index is 12.0. The molecule has 0 aliphatic rings. The zero-order chi connectivity index (χ0) is 25.8. The van der Waals surface area contributed by atoms with Gasteiger partial charge in [-0.05, 0) is 13.3 Å². The quantitative estimate of drug-likeness (QED) is 0.0841. The van der Waals surface area contributed by atoms with Crippen LogP contribution < -0.4 is 4.89 Å². The Morgan fingerprint density at radius 2 is 1.21 bits per heavy atom. The lowest BCUT2D eigenvalue weighted by Gasteiger charge is -2.32. The van der Waals surface area contributed by atoms with Gasteiger partial charge in [-0.25, -0.2) is 0 Å². The van der Waals surface area contributed by atoms with Crippen LogP contribution in [0.1, 0.15) is 104 Å². The number of phosphoric acid groups is 1. The van der Waals surface area contributed by atoms with E-state index in [9.17, 15) is 9.46 Å². The molecule has 0 aromatic carbocycles. The van der Waals surface area contributed by atoms with Crippen molar-refractivity contribution in [2.45, 2.75) is 109 Å². The molecule has 0 saturated carbocycles. The third kappa shape index (κ3) is 22.5. The first-order valence-corrected chi connectivity index (χ1v) is 15.0. The SMILES string of the molecule is CCCCCCCCCCCCCCCCOCC(C)(COP(=O)([O-])OCC[N+](C)(C)C)OC. The van der Waals surface area contributed by atoms with E-state index < -0.39 is 13.4 Å². The third-order valence-corrected chi connectivity index (χ3v) is 7.03. The molecule has 0 aliphatic carbocycles. The first-order chi connectivity index (χ1) is 16.0. The van der Waals surface area contributed by atoms with Crippen molar-refractivity contribution in [1.82, 2.24) is 0 Å². The smallest absolute Gasteiger partial charge is 0.268 e. The Labute approximate surface area is 211 Å². The molecule has 7 nitrogen and oxygen atoms in total. The third-order valence-electron chi connectivity index (χ3n) is 6.08. The Kier molecular flexibility index (Phi) is 20.1. The first-order valence-electron chi connectivity index (χ1n) is 13.6. The number of quaternary nitrogens is 1. The van der Waals surface area contributed by atoms with Crippen molar-refractivity contribution in [1.29, 1.82) is 0 Å². The van der Waals surface area contributed by atoms with Gasteiger partial charge in [-0.2, -0.15) is 0 Å². The van der Waals surface area contributed by atoms with E-state index in [0.29, 0.717) is 17.6 Å². The van der Waals surface area contributed by atoms with E-state index in [1.54, 1.807) is 6.92 Å². The molecule has 206 valence electrons. The lowest BCUT2D eigenvalue weighted by atomic mass is 10.0. The van der Waals surface area contributed by atoms with Gasteiger partial charge in [0.05, 0.1) is 34.4 Å². The van der Waals surface area contributed by atoms with Gasteiger partial charge in [-0.1, -0.05) is 90.4 Å². The molecule has 0 aliphatic heterocycles. The van der Waals surface area contributed by atoms with Gasteiger partial charge in [0.2, 0.25) is 0 Å². The van der Waals surface area contributed by atoms with Crippen LogP contribution >= 0.6 is 7.82 Å². The molecule has 0 aromatic rings. The first kappa shape index (κ1) is 34.0. The second kappa shape index (κ2) is 20.1. The second-order valence-corrected chi connectivity index (χ2v) is 12.3. The summed E-state index contributed by atoms with van der Waals surface area (Å²) in [6, 6.07) is 0. The fourth-order valence-electron chi connectivity index (χ4n) is 3.53. The summed E-state index contributed by atoms with van der Waals surface area (Å²) < 4.78 is 33.8. The van der Waals surface area contributed by atoms with Gasteiger partial charge in [-0.3, -0.25) is 4.57 Å². The number of methoxy groups -OCH3 is 1. The van der Waals surface area contributed by atoms with Crippen molar-refractivity contribution < 1.29 is 32.5 Å². The van der Waals surface area contributed by atoms with Gasteiger partial charge in [0.1, 0.15) is 18.8 Å². The summed E-state index contributed by atoms with van der Waals surface area (Å²) in [5.74, 6) is 0. The van der Waals surface area contributed by atoms with Crippen LogP contribution in [0, 0.1) is 0 Å². The molecule has 0 heterocycles. The zero-order valence-electron chi connectivity index (χ0n) is 23.3. The Morgan fingerprint density at radius 3 is 1.65 bits per heavy atom. The molecule has 0 bridgehead atoms. The van der Waals surface area contributed by atoms with Crippen LogP contribution in [0.15, 0.2) is 0 Å². The fourth-order valence-corrected chi connectivity index (χ4v) is 4.34. The molecule has 0 saturated heterocycles. The van der Waals surface area contributed by atoms with Crippen LogP contribution in [0.2, 0.25) is 0 Å². The van der Waals surface area contributed by atoms with Crippen molar-refractivity contribution >= 4 is 7.82 Å². The fraction of sp³-hybridized carbons (Fsp3) is 1.00. The van der Waals surface area contributed by atoms with Gasteiger partial charge < -0.3 is 27.9 Å². The molecule has 0 radical (unpaired) electrons. The van der Waals surface area contributed by atoms with Gasteiger partial charge in [-0.15, -0.1) is 0 Å². The van der Waals surface area contributed by atoms with Crippen molar-refractivity contribution in [3.63, 3.8) is 0 Å². The lowest BCUT2D eigenvalue weighted by molar-refractivity contribution is -0.870. The van der Waals surface area contributed by atoms with Crippen LogP contribution in [-0.2, 0) is 23.1 Å². The summed E-state index contributed by atoms with van der Waals surface area (Å²) in [5, 5.41) is 0. The molecule has 0 amide bonds. The van der Waals surface area contributed by atoms with Crippen LogP contribution in [0.25, 0.3) is 0 Å². The summed E-state index contributed by atoms with van der Waals surface area (Å²) >= 11 is 0. The topological polar surface area (TPSA) is 77.1 Å². The number of hydrogen-bond donors (Lipinski definition) is 0. The molecule has 2 unspecified atom stereocenters. The number of rotatable bonds is 25. The van der Waals surface area contributed by atoms with Crippen LogP contribution in [0.3, 0.4) is 0 Å². The van der Waals surface area contributed by atoms with Crippen molar-refractivity contribution in [3.8, 4) is 0 Å². The zero-order valence-corrected chi connectivity index (χ0v) is 24.2. The number of hydrogen-bond acceptors (Lipinski definition) is 6. The van der Waals surface area contributed by atoms with E-state index in [1.165, 1.54) is 84.2 Å². The van der Waals surface area contributed by atoms with Crippen LogP contribution in [-0.4, -0.2) is 71.3 Å². The van der Waals surface area contributed by atoms with E-state index in [2.05, 4.69) is 6.92 Å². The highest BCUT2D eigenvalue weighted by Crippen LogP contribution is 2.39. The molecular formula is C26H56NO6P. The summed E-state index contributed by atoms with van der Waals surface area (Å²) in [6.45, 7) is 5.50. The molecule has 0 spiro atoms. The highest BCUT2D eigenvalue weighted by molar-refractivity contribution is 7.45. The Balaban J connectivity index is 3.69. The Bertz CT molecular complexity index is 514. The number of unbranched alkanes of at least 4 members (excludes halogenated alkanes) is 13. The largest absolute Gasteiger partial charge is 0.756 e. The molecule has 0 aromatic heterocycles. The summed E-state index contributed by atoms with van der Waals surface area (Å²) in [4.78, 5) is 12.0. The van der Waals surface area contributed by atoms with Gasteiger partial charge in [0.25, 0.3) is 7.82 Å². The van der Waals surface area contributed by atoms with Crippen LogP contribution in [0.4, 0.5) is 0 Å². The van der Waals surface area contributed by atoms with E-state index in [1.807, 2.05) is 21.1 Å². The Hall–Kier alpha value is -0.0100. The van der Waals surface area contributed by atoms with E-state index >= 15 is 0 Å². The standard InChI is InChI=1S/C26H56NO6P/c1-7-8-9-10-11-12-13-14-15-16-17-18-19-20-22-31-24-26(2,30-6)25-33-34(28,29)32-23-21-27(3,4)5/h7-25H2,1-6H3. The monoisotopic (exact) mass is 509 g/mol. The summed E-state index contributed by atoms with van der Waals surface area (Å²) in [6.07, 6.45) is 18.5. The number of phosphoric ester groups is 1. The number of ether oxygens (including phenoxy) is 2. The molecule has 0 N–H and O–H groups in total. The predicted octanol–water partition coefficient (Wildman–Crippen LogP) is 6.10. The van der Waals surface area contributed by atoms with Gasteiger partial charge >= 0.3 is 0 Å². The maximum Gasteiger partial charge on any atom is 0.268 e. The minimum atomic E-state index is -4.36. The number of nitrogens with zero attached hydrogens (tertiary/aromatic N) is 1. The average Bonchev–Trinajstić information content (AvgIpc) is 2.76. The molecular weight excluding hydrogens is 453 g/mol. The normalized spacial score (nSPS) is 15.9. The average molecular weight is 510 g/mol. The van der Waals surface area contributed by atoms with E-state index in [0.717, 1.165) is 12.8 Å². The highest BCUT2D eigenvalue weighted by atomic mass is 31.2. The second-order valence-electron chi connectivity index (χ2n) is 10.9. The summed E-state index contributed by atoms with van der Waals surface area (Å²) in [5.41, 5.74) is -0.834. The van der Waals surface area contributed by atoms with Gasteiger partial charge in [0.15, 0.2) is 0 Å². The molecule has 2 atom stereocenters. The summed E-state index contributed by atoms with van der Waals surface area (Å²) in [7, 11) is 3.08. The molecule has 0 fully saturated rings. The molecule has 0 rings (SSSR count). The van der Waals surface area contributed by atoms with E-state index in [4.69, 9.17) is 18.5 Å². The minimum absolute atomic E-state index is 0.0869. The maximum absolute atomic E-state index is 12.0. The van der Waals surface area contributed by atoms with E-state index in [-0.39, 0.29) is 19.8 Å². The minimum Gasteiger partial charge on any atom is -0.756 e.